The molecule has 0 saturated carbocycles. The molecule has 2 aliphatic carbocycles. The zero-order valence-corrected chi connectivity index (χ0v) is 23.4. The topological polar surface area (TPSA) is 153 Å². The van der Waals surface area contributed by atoms with Gasteiger partial charge >= 0.3 is 0 Å². The molecule has 0 radical (unpaired) electrons. The van der Waals surface area contributed by atoms with Crippen molar-refractivity contribution < 1.29 is 22.7 Å². The fraction of sp³-hybridized carbons (Fsp3) is 0.172. The molecule has 0 saturated heterocycles. The van der Waals surface area contributed by atoms with Crippen molar-refractivity contribution in [2.45, 2.75) is 25.0 Å². The molecule has 41 heavy (non-hydrogen) atoms. The second kappa shape index (κ2) is 10.9. The molecule has 3 atom stereocenters. The smallest absolute Gasteiger partial charge is 0.288 e. The molecule has 208 valence electrons. The number of ketones is 1. The number of carbonyl (C=O) groups excluding carboxylic acids is 1. The van der Waals surface area contributed by atoms with Gasteiger partial charge in [-0.05, 0) is 44.0 Å². The first-order valence-electron chi connectivity index (χ1n) is 12.5. The van der Waals surface area contributed by atoms with Gasteiger partial charge in [-0.25, -0.2) is 4.98 Å². The van der Waals surface area contributed by atoms with E-state index in [1.807, 2.05) is 24.3 Å². The zero-order valence-electron chi connectivity index (χ0n) is 21.8. The molecule has 2 aliphatic rings. The Morgan fingerprint density at radius 1 is 0.976 bits per heavy atom. The van der Waals surface area contributed by atoms with E-state index in [4.69, 9.17) is 11.6 Å². The fourth-order valence-corrected chi connectivity index (χ4v) is 7.21. The third-order valence-electron chi connectivity index (χ3n) is 7.31. The fourth-order valence-electron chi connectivity index (χ4n) is 5.75. The second-order valence-corrected chi connectivity index (χ2v) is 11.7. The summed E-state index contributed by atoms with van der Waals surface area (Å²) in [4.78, 5) is 28.7. The van der Waals surface area contributed by atoms with Crippen LogP contribution in [0.5, 0.6) is 0 Å². The Hall–Kier alpha value is -4.32. The van der Waals surface area contributed by atoms with Crippen molar-refractivity contribution in [2.24, 2.45) is 5.92 Å². The number of carbonyl (C=O) groups is 1. The Kier molecular flexibility index (Phi) is 7.52. The van der Waals surface area contributed by atoms with Crippen LogP contribution < -0.4 is 10.4 Å². The summed E-state index contributed by atoms with van der Waals surface area (Å²) < 4.78 is 34.5. The predicted molar refractivity (Wildman–Crippen MR) is 152 cm³/mol. The maximum atomic E-state index is 14.1. The summed E-state index contributed by atoms with van der Waals surface area (Å²) in [5, 5.41) is 20.0. The molecule has 1 aromatic heterocycles. The van der Waals surface area contributed by atoms with Gasteiger partial charge in [0.2, 0.25) is 0 Å². The van der Waals surface area contributed by atoms with Crippen molar-refractivity contribution in [3.63, 3.8) is 0 Å². The molecule has 0 fully saturated rings. The first-order valence-corrected chi connectivity index (χ1v) is 14.4. The quantitative estimate of drug-likeness (QED) is 0.214. The Morgan fingerprint density at radius 3 is 2.29 bits per heavy atom. The number of fused-ring (bicyclic) bond motifs is 4. The van der Waals surface area contributed by atoms with E-state index in [9.17, 15) is 27.9 Å². The molecule has 1 N–H and O–H groups in total. The summed E-state index contributed by atoms with van der Waals surface area (Å²) in [5.41, 5.74) is 1.19. The van der Waals surface area contributed by atoms with Crippen molar-refractivity contribution in [3.05, 3.63) is 126 Å². The van der Waals surface area contributed by atoms with E-state index in [1.54, 1.807) is 44.3 Å². The number of benzene rings is 3. The zero-order chi connectivity index (χ0) is 29.5. The lowest BCUT2D eigenvalue weighted by Gasteiger charge is -2.32. The van der Waals surface area contributed by atoms with Crippen LogP contribution in [0.25, 0.3) is 11.6 Å². The lowest BCUT2D eigenvalue weighted by atomic mass is 9.77. The highest BCUT2D eigenvalue weighted by atomic mass is 35.5. The average Bonchev–Trinajstić information content (AvgIpc) is 2.94. The maximum Gasteiger partial charge on any atom is 0.288 e. The third kappa shape index (κ3) is 5.15. The maximum absolute atomic E-state index is 14.1. The summed E-state index contributed by atoms with van der Waals surface area (Å²) in [6.07, 6.45) is 6.25. The minimum Gasteiger partial charge on any atom is -0.289 e. The first-order chi connectivity index (χ1) is 19.5. The molecule has 0 aliphatic heterocycles. The molecule has 10 nitrogen and oxygen atoms in total. The summed E-state index contributed by atoms with van der Waals surface area (Å²) in [7, 11) is -4.40. The number of Topliss-reactive ketones (excluding diaryl/α,β-unsaturated/α-hetero) is 1. The Labute approximate surface area is 239 Å². The number of halogens is 1. The molecule has 0 spiro atoms. The summed E-state index contributed by atoms with van der Waals surface area (Å²) in [6.45, 7) is 3.42. The van der Waals surface area contributed by atoms with Crippen molar-refractivity contribution in [1.29, 1.82) is 0 Å². The van der Waals surface area contributed by atoms with Crippen LogP contribution in [-0.2, 0) is 10.1 Å². The van der Waals surface area contributed by atoms with Gasteiger partial charge in [0.05, 0.1) is 16.4 Å². The number of rotatable bonds is 3. The Bertz CT molecular complexity index is 2010. The Morgan fingerprint density at radius 2 is 1.71 bits per heavy atom. The number of nitro benzene ring substituents is 1. The van der Waals surface area contributed by atoms with Crippen LogP contribution in [0.4, 0.5) is 5.69 Å². The summed E-state index contributed by atoms with van der Waals surface area (Å²) in [6, 6.07) is 15.2. The van der Waals surface area contributed by atoms with Gasteiger partial charge in [-0.15, -0.1) is 5.10 Å². The second-order valence-electron chi connectivity index (χ2n) is 9.75. The number of hydrogen-bond donors (Lipinski definition) is 1. The van der Waals surface area contributed by atoms with E-state index in [1.165, 1.54) is 24.7 Å². The average molecular weight is 591 g/mol. The molecule has 0 bridgehead atoms. The summed E-state index contributed by atoms with van der Waals surface area (Å²) >= 11 is 6.01. The summed E-state index contributed by atoms with van der Waals surface area (Å²) in [5.74, 6) is -1.49. The lowest BCUT2D eigenvalue weighted by Crippen LogP contribution is -2.40. The molecule has 6 rings (SSSR count). The minimum atomic E-state index is -4.40. The molecule has 0 amide bonds. The van der Waals surface area contributed by atoms with E-state index in [0.717, 1.165) is 10.4 Å². The van der Waals surface area contributed by atoms with Gasteiger partial charge in [-0.2, -0.15) is 13.5 Å². The van der Waals surface area contributed by atoms with Crippen molar-refractivity contribution >= 4 is 44.8 Å². The number of aromatic nitrogens is 3. The van der Waals surface area contributed by atoms with Crippen LogP contribution in [0, 0.1) is 26.5 Å². The molecule has 12 heteroatoms. The van der Waals surface area contributed by atoms with Crippen LogP contribution in [0.1, 0.15) is 41.3 Å². The monoisotopic (exact) mass is 590 g/mol. The van der Waals surface area contributed by atoms with Crippen molar-refractivity contribution in [1.82, 2.24) is 15.2 Å². The minimum absolute atomic E-state index is 0.0399. The number of nitrogens with zero attached hydrogens (tertiary/aromatic N) is 4. The van der Waals surface area contributed by atoms with Crippen LogP contribution in [-0.4, -0.2) is 44.1 Å². The van der Waals surface area contributed by atoms with Crippen LogP contribution in [0.2, 0.25) is 5.02 Å². The highest BCUT2D eigenvalue weighted by molar-refractivity contribution is 7.86. The number of nitro groups is 1. The van der Waals surface area contributed by atoms with Crippen LogP contribution >= 0.6 is 11.6 Å². The van der Waals surface area contributed by atoms with Gasteiger partial charge in [0.15, 0.2) is 5.78 Å². The molecular weight excluding hydrogens is 568 g/mol. The van der Waals surface area contributed by atoms with Crippen molar-refractivity contribution in [3.8, 4) is 0 Å². The molecule has 1 heterocycles. The highest BCUT2D eigenvalue weighted by Gasteiger charge is 2.40. The molecule has 3 aromatic carbocycles. The normalized spacial score (nSPS) is 19.1. The van der Waals surface area contributed by atoms with Gasteiger partial charge in [0.25, 0.3) is 15.8 Å². The van der Waals surface area contributed by atoms with E-state index in [2.05, 4.69) is 15.2 Å². The lowest BCUT2D eigenvalue weighted by molar-refractivity contribution is -0.384. The number of hydrogen-bond acceptors (Lipinski definition) is 8. The van der Waals surface area contributed by atoms with Crippen molar-refractivity contribution in [2.75, 3.05) is 0 Å². The largest absolute Gasteiger partial charge is 0.289 e. The van der Waals surface area contributed by atoms with Gasteiger partial charge in [-0.1, -0.05) is 74.0 Å². The van der Waals surface area contributed by atoms with Gasteiger partial charge in [0, 0.05) is 29.3 Å². The standard InChI is InChI=1S/C26H20ClNO6S.C3H3N3/c1-13-11-15-7-9-19-17-5-3-4-6-18(17)23(16-8-10-20(27)21(12-16)28(30)31)25(29)24(19)22(15)14(2)26(13)35(32,33)34;1-2-5-6-3-4-1/h3-14,26H,1-2H3,(H,32,33,34);1-3H. The van der Waals surface area contributed by atoms with E-state index in [-0.39, 0.29) is 22.1 Å². The van der Waals surface area contributed by atoms with Gasteiger partial charge < -0.3 is 0 Å². The van der Waals surface area contributed by atoms with E-state index in [0.29, 0.717) is 27.1 Å². The van der Waals surface area contributed by atoms with E-state index >= 15 is 0 Å². The van der Waals surface area contributed by atoms with Gasteiger partial charge in [-0.3, -0.25) is 19.5 Å². The third-order valence-corrected chi connectivity index (χ3v) is 9.15. The molecular formula is C29H23ClN4O6S. The highest BCUT2D eigenvalue weighted by Crippen LogP contribution is 2.36. The Balaban J connectivity index is 0.000000500. The molecule has 3 unspecified atom stereocenters. The van der Waals surface area contributed by atoms with E-state index < -0.39 is 32.1 Å². The SMILES string of the molecule is CC1C=c2ccc3c(c2C(C)C1S(=O)(=O)O)C(=O)C(c1ccc(Cl)c([N+](=O)[O-])c1)=c1ccccc1=3.c1cnncn1. The van der Waals surface area contributed by atoms with Crippen LogP contribution in [0.15, 0.2) is 73.3 Å². The first kappa shape index (κ1) is 28.2. The van der Waals surface area contributed by atoms with Gasteiger partial charge in [0.1, 0.15) is 11.3 Å². The predicted octanol–water partition coefficient (Wildman–Crippen LogP) is 3.59. The van der Waals surface area contributed by atoms with Crippen LogP contribution in [0.3, 0.4) is 0 Å². The molecule has 4 aromatic rings.